The van der Waals surface area contributed by atoms with Crippen molar-refractivity contribution in [2.45, 2.75) is 0 Å². The summed E-state index contributed by atoms with van der Waals surface area (Å²) in [5.74, 6) is -0.0288. The number of rotatable bonds is 3. The van der Waals surface area contributed by atoms with Crippen LogP contribution in [0.15, 0.2) is 67.2 Å². The third kappa shape index (κ3) is 2.82. The van der Waals surface area contributed by atoms with E-state index in [-0.39, 0.29) is 5.97 Å². The van der Waals surface area contributed by atoms with E-state index in [9.17, 15) is 4.79 Å². The van der Waals surface area contributed by atoms with E-state index < -0.39 is 0 Å². The summed E-state index contributed by atoms with van der Waals surface area (Å²) in [6, 6.07) is 18.2. The smallest absolute Gasteiger partial charge is 0.343 e. The topological polar surface area (TPSA) is 26.3 Å². The quantitative estimate of drug-likeness (QED) is 0.589. The monoisotopic (exact) mass is 224 g/mol. The molecule has 0 radical (unpaired) electrons. The van der Waals surface area contributed by atoms with Crippen LogP contribution in [0.5, 0.6) is 0 Å². The zero-order valence-electron chi connectivity index (χ0n) is 9.30. The van der Waals surface area contributed by atoms with Crippen LogP contribution in [0, 0.1) is 0 Å². The average Bonchev–Trinajstić information content (AvgIpc) is 2.40. The largest absolute Gasteiger partial charge is 0.423 e. The normalized spacial score (nSPS) is 9.65. The van der Waals surface area contributed by atoms with Gasteiger partial charge < -0.3 is 4.74 Å². The molecule has 0 fully saturated rings. The first-order valence-electron chi connectivity index (χ1n) is 5.29. The first-order valence-corrected chi connectivity index (χ1v) is 5.29. The molecule has 17 heavy (non-hydrogen) atoms. The maximum Gasteiger partial charge on any atom is 0.343 e. The molecular weight excluding hydrogens is 212 g/mol. The molecule has 0 aliphatic carbocycles. The first kappa shape index (κ1) is 11.1. The number of hydrogen-bond acceptors (Lipinski definition) is 2. The molecule has 0 bridgehead atoms. The fraction of sp³-hybridized carbons (Fsp3) is 0. The second-order valence-electron chi connectivity index (χ2n) is 3.54. The minimum atomic E-state index is -0.389. The summed E-state index contributed by atoms with van der Waals surface area (Å²) in [7, 11) is 0. The summed E-state index contributed by atoms with van der Waals surface area (Å²) >= 11 is 0. The fourth-order valence-corrected chi connectivity index (χ4v) is 1.43. The van der Waals surface area contributed by atoms with E-state index in [4.69, 9.17) is 4.74 Å². The molecule has 0 amide bonds. The number of benzene rings is 2. The number of carbonyl (C=O) groups excluding carboxylic acids is 1. The van der Waals surface area contributed by atoms with Crippen molar-refractivity contribution in [2.24, 2.45) is 0 Å². The SMILES string of the molecule is C=C(OC(=O)c1ccccc1)c1ccccc1. The highest BCUT2D eigenvalue weighted by Gasteiger charge is 2.09. The molecule has 0 heterocycles. The molecule has 0 saturated carbocycles. The standard InChI is InChI=1S/C15H12O2/c1-12(13-8-4-2-5-9-13)17-15(16)14-10-6-3-7-11-14/h2-11H,1H2. The highest BCUT2D eigenvalue weighted by molar-refractivity contribution is 5.92. The van der Waals surface area contributed by atoms with Gasteiger partial charge in [0.25, 0.3) is 0 Å². The van der Waals surface area contributed by atoms with Gasteiger partial charge in [0.1, 0.15) is 5.76 Å². The molecule has 2 rings (SSSR count). The van der Waals surface area contributed by atoms with E-state index in [1.807, 2.05) is 36.4 Å². The highest BCUT2D eigenvalue weighted by atomic mass is 16.5. The Morgan fingerprint density at radius 2 is 1.29 bits per heavy atom. The van der Waals surface area contributed by atoms with E-state index in [0.29, 0.717) is 11.3 Å². The van der Waals surface area contributed by atoms with Gasteiger partial charge in [-0.2, -0.15) is 0 Å². The zero-order valence-corrected chi connectivity index (χ0v) is 9.30. The fourth-order valence-electron chi connectivity index (χ4n) is 1.43. The lowest BCUT2D eigenvalue weighted by Crippen LogP contribution is -2.03. The molecule has 0 atom stereocenters. The van der Waals surface area contributed by atoms with Crippen molar-refractivity contribution >= 4 is 11.7 Å². The maximum atomic E-state index is 11.7. The molecule has 0 aromatic heterocycles. The Hall–Kier alpha value is -2.35. The average molecular weight is 224 g/mol. The summed E-state index contributed by atoms with van der Waals surface area (Å²) in [5, 5.41) is 0. The highest BCUT2D eigenvalue weighted by Crippen LogP contribution is 2.15. The molecule has 0 unspecified atom stereocenters. The van der Waals surface area contributed by atoms with Gasteiger partial charge in [0.05, 0.1) is 5.56 Å². The van der Waals surface area contributed by atoms with Gasteiger partial charge in [-0.3, -0.25) is 0 Å². The summed E-state index contributed by atoms with van der Waals surface area (Å²) in [6.07, 6.45) is 0. The van der Waals surface area contributed by atoms with Crippen LogP contribution in [0.4, 0.5) is 0 Å². The molecule has 0 saturated heterocycles. The van der Waals surface area contributed by atoms with Crippen molar-refractivity contribution in [3.05, 3.63) is 78.4 Å². The van der Waals surface area contributed by atoms with Crippen LogP contribution in [-0.4, -0.2) is 5.97 Å². The van der Waals surface area contributed by atoms with Crippen LogP contribution in [-0.2, 0) is 4.74 Å². The molecule has 2 aromatic rings. The minimum absolute atomic E-state index is 0.361. The lowest BCUT2D eigenvalue weighted by atomic mass is 10.2. The van der Waals surface area contributed by atoms with Crippen LogP contribution in [0.1, 0.15) is 15.9 Å². The molecular formula is C15H12O2. The summed E-state index contributed by atoms with van der Waals surface area (Å²) < 4.78 is 5.19. The van der Waals surface area contributed by atoms with Crippen LogP contribution in [0.25, 0.3) is 5.76 Å². The van der Waals surface area contributed by atoms with Crippen molar-refractivity contribution in [1.82, 2.24) is 0 Å². The third-order valence-corrected chi connectivity index (χ3v) is 2.32. The molecule has 0 spiro atoms. The van der Waals surface area contributed by atoms with Gasteiger partial charge in [-0.05, 0) is 12.1 Å². The Bertz CT molecular complexity index is 466. The lowest BCUT2D eigenvalue weighted by Gasteiger charge is -2.07. The Labute approximate surface area is 100 Å². The molecule has 2 aromatic carbocycles. The van der Waals surface area contributed by atoms with Crippen LogP contribution in [0.3, 0.4) is 0 Å². The number of ether oxygens (including phenoxy) is 1. The Morgan fingerprint density at radius 3 is 1.82 bits per heavy atom. The second-order valence-corrected chi connectivity index (χ2v) is 3.54. The van der Waals surface area contributed by atoms with E-state index in [0.717, 1.165) is 5.56 Å². The molecule has 0 aliphatic heterocycles. The summed E-state index contributed by atoms with van der Waals surface area (Å²) in [4.78, 5) is 11.7. The summed E-state index contributed by atoms with van der Waals surface area (Å²) in [6.45, 7) is 3.75. The molecule has 2 heteroatoms. The van der Waals surface area contributed by atoms with E-state index in [1.165, 1.54) is 0 Å². The van der Waals surface area contributed by atoms with Crippen molar-refractivity contribution in [3.8, 4) is 0 Å². The Morgan fingerprint density at radius 1 is 0.824 bits per heavy atom. The van der Waals surface area contributed by atoms with Gasteiger partial charge in [-0.25, -0.2) is 4.79 Å². The van der Waals surface area contributed by atoms with Crippen molar-refractivity contribution in [2.75, 3.05) is 0 Å². The minimum Gasteiger partial charge on any atom is -0.423 e. The number of hydrogen-bond donors (Lipinski definition) is 0. The predicted molar refractivity (Wildman–Crippen MR) is 67.3 cm³/mol. The van der Waals surface area contributed by atoms with Crippen LogP contribution >= 0.6 is 0 Å². The third-order valence-electron chi connectivity index (χ3n) is 2.32. The number of esters is 1. The van der Waals surface area contributed by atoms with E-state index in [1.54, 1.807) is 24.3 Å². The van der Waals surface area contributed by atoms with Crippen molar-refractivity contribution < 1.29 is 9.53 Å². The van der Waals surface area contributed by atoms with Gasteiger partial charge in [-0.15, -0.1) is 0 Å². The van der Waals surface area contributed by atoms with E-state index in [2.05, 4.69) is 6.58 Å². The molecule has 0 N–H and O–H groups in total. The zero-order chi connectivity index (χ0) is 12.1. The van der Waals surface area contributed by atoms with Crippen LogP contribution in [0.2, 0.25) is 0 Å². The van der Waals surface area contributed by atoms with Crippen molar-refractivity contribution in [3.63, 3.8) is 0 Å². The predicted octanol–water partition coefficient (Wildman–Crippen LogP) is 3.51. The Balaban J connectivity index is 2.08. The van der Waals surface area contributed by atoms with Crippen LogP contribution < -0.4 is 0 Å². The van der Waals surface area contributed by atoms with Gasteiger partial charge in [0.2, 0.25) is 0 Å². The molecule has 0 aliphatic rings. The maximum absolute atomic E-state index is 11.7. The summed E-state index contributed by atoms with van der Waals surface area (Å²) in [5.41, 5.74) is 1.32. The lowest BCUT2D eigenvalue weighted by molar-refractivity contribution is 0.0693. The van der Waals surface area contributed by atoms with Gasteiger partial charge in [0.15, 0.2) is 0 Å². The second kappa shape index (κ2) is 5.12. The first-order chi connectivity index (χ1) is 8.27. The van der Waals surface area contributed by atoms with Crippen molar-refractivity contribution in [1.29, 1.82) is 0 Å². The molecule has 2 nitrogen and oxygen atoms in total. The van der Waals surface area contributed by atoms with Gasteiger partial charge in [0, 0.05) is 5.56 Å². The molecule has 84 valence electrons. The number of carbonyl (C=O) groups is 1. The van der Waals surface area contributed by atoms with E-state index >= 15 is 0 Å². The Kier molecular flexibility index (Phi) is 3.36. The van der Waals surface area contributed by atoms with Gasteiger partial charge >= 0.3 is 5.97 Å². The van der Waals surface area contributed by atoms with Gasteiger partial charge in [-0.1, -0.05) is 55.1 Å².